The van der Waals surface area contributed by atoms with E-state index in [1.807, 2.05) is 63.2 Å². The minimum atomic E-state index is -0.126. The average molecular weight is 396 g/mol. The lowest BCUT2D eigenvalue weighted by molar-refractivity contribution is -0.117. The Labute approximate surface area is 172 Å². The van der Waals surface area contributed by atoms with Gasteiger partial charge in [0.15, 0.2) is 0 Å². The van der Waals surface area contributed by atoms with Gasteiger partial charge in [0.05, 0.1) is 12.6 Å². The largest absolute Gasteiger partial charge is 0.491 e. The van der Waals surface area contributed by atoms with Gasteiger partial charge in [-0.05, 0) is 69.0 Å². The molecule has 0 heterocycles. The number of amides is 2. The number of nitrogens with one attached hydrogen (secondary N) is 3. The topological polar surface area (TPSA) is 79.5 Å². The monoisotopic (exact) mass is 395 g/mol. The molecule has 6 heteroatoms. The molecule has 1 aliphatic rings. The molecular weight excluding hydrogens is 366 g/mol. The van der Waals surface area contributed by atoms with E-state index in [0.29, 0.717) is 12.2 Å². The highest BCUT2D eigenvalue weighted by atomic mass is 16.5. The van der Waals surface area contributed by atoms with Gasteiger partial charge in [0.1, 0.15) is 5.75 Å². The van der Waals surface area contributed by atoms with Crippen LogP contribution in [-0.2, 0) is 16.1 Å². The first-order chi connectivity index (χ1) is 13.9. The molecule has 1 fully saturated rings. The number of hydrogen-bond acceptors (Lipinski definition) is 4. The van der Waals surface area contributed by atoms with E-state index >= 15 is 0 Å². The van der Waals surface area contributed by atoms with Crippen LogP contribution in [0.4, 0.5) is 11.4 Å². The molecule has 0 saturated heterocycles. The average Bonchev–Trinajstić information content (AvgIpc) is 3.51. The number of anilines is 2. The summed E-state index contributed by atoms with van der Waals surface area (Å²) in [5.74, 6) is 0.912. The molecular formula is C23H29N3O3. The Balaban J connectivity index is 1.47. The Hall–Kier alpha value is -2.86. The van der Waals surface area contributed by atoms with E-state index in [1.165, 1.54) is 0 Å². The smallest absolute Gasteiger partial charge is 0.238 e. The predicted octanol–water partition coefficient (Wildman–Crippen LogP) is 3.86. The predicted molar refractivity (Wildman–Crippen MR) is 115 cm³/mol. The van der Waals surface area contributed by atoms with Crippen molar-refractivity contribution < 1.29 is 14.3 Å². The number of hydrogen-bond donors (Lipinski definition) is 3. The van der Waals surface area contributed by atoms with Gasteiger partial charge in [0, 0.05) is 23.8 Å². The quantitative estimate of drug-likeness (QED) is 0.602. The standard InChI is InChI=1S/C23H29N3O3/c1-15(2)29-19-11-7-17(8-12-19)13-24-14-22(27)25-20-5-4-6-21(16(20)3)26-23(28)18-9-10-18/h4-8,11-12,15,18,24H,9-10,13-14H2,1-3H3,(H,25,27)(H,26,28). The summed E-state index contributed by atoms with van der Waals surface area (Å²) in [5, 5.41) is 9.01. The highest BCUT2D eigenvalue weighted by Crippen LogP contribution is 2.31. The maximum Gasteiger partial charge on any atom is 0.238 e. The van der Waals surface area contributed by atoms with Crippen LogP contribution < -0.4 is 20.7 Å². The summed E-state index contributed by atoms with van der Waals surface area (Å²) in [6.07, 6.45) is 2.06. The summed E-state index contributed by atoms with van der Waals surface area (Å²) in [4.78, 5) is 24.3. The van der Waals surface area contributed by atoms with Gasteiger partial charge in [0.2, 0.25) is 11.8 Å². The van der Waals surface area contributed by atoms with Gasteiger partial charge >= 0.3 is 0 Å². The van der Waals surface area contributed by atoms with Crippen LogP contribution in [0.5, 0.6) is 5.75 Å². The Bertz CT molecular complexity index is 858. The van der Waals surface area contributed by atoms with E-state index in [-0.39, 0.29) is 30.4 Å². The SMILES string of the molecule is Cc1c(NC(=O)CNCc2ccc(OC(C)C)cc2)cccc1NC(=O)C1CC1. The van der Waals surface area contributed by atoms with Crippen LogP contribution in [-0.4, -0.2) is 24.5 Å². The van der Waals surface area contributed by atoms with Crippen molar-refractivity contribution in [3.63, 3.8) is 0 Å². The van der Waals surface area contributed by atoms with Gasteiger partial charge in [-0.3, -0.25) is 9.59 Å². The highest BCUT2D eigenvalue weighted by Gasteiger charge is 2.29. The first-order valence-electron chi connectivity index (χ1n) is 10.1. The molecule has 0 bridgehead atoms. The second kappa shape index (κ2) is 9.56. The lowest BCUT2D eigenvalue weighted by Crippen LogP contribution is -2.28. The zero-order valence-corrected chi connectivity index (χ0v) is 17.2. The Kier molecular flexibility index (Phi) is 6.88. The van der Waals surface area contributed by atoms with Crippen molar-refractivity contribution in [1.29, 1.82) is 0 Å². The van der Waals surface area contributed by atoms with Gasteiger partial charge in [-0.1, -0.05) is 18.2 Å². The molecule has 2 aromatic rings. The zero-order chi connectivity index (χ0) is 20.8. The van der Waals surface area contributed by atoms with Crippen molar-refractivity contribution in [2.45, 2.75) is 46.3 Å². The normalized spacial score (nSPS) is 13.2. The third-order valence-corrected chi connectivity index (χ3v) is 4.72. The molecule has 154 valence electrons. The van der Waals surface area contributed by atoms with E-state index < -0.39 is 0 Å². The van der Waals surface area contributed by atoms with E-state index in [4.69, 9.17) is 4.74 Å². The van der Waals surface area contributed by atoms with Crippen LogP contribution in [0.25, 0.3) is 0 Å². The number of rotatable bonds is 9. The van der Waals surface area contributed by atoms with Crippen LogP contribution in [0.1, 0.15) is 37.8 Å². The fourth-order valence-electron chi connectivity index (χ4n) is 2.96. The maximum absolute atomic E-state index is 12.3. The Morgan fingerprint density at radius 1 is 1.03 bits per heavy atom. The maximum atomic E-state index is 12.3. The summed E-state index contributed by atoms with van der Waals surface area (Å²) in [6.45, 7) is 6.67. The number of ether oxygens (including phenoxy) is 1. The Morgan fingerprint density at radius 2 is 1.69 bits per heavy atom. The van der Waals surface area contributed by atoms with Crippen molar-refractivity contribution >= 4 is 23.2 Å². The van der Waals surface area contributed by atoms with Crippen LogP contribution in [0.3, 0.4) is 0 Å². The lowest BCUT2D eigenvalue weighted by atomic mass is 10.1. The summed E-state index contributed by atoms with van der Waals surface area (Å²) in [6, 6.07) is 13.4. The minimum Gasteiger partial charge on any atom is -0.491 e. The number of carbonyl (C=O) groups excluding carboxylic acids is 2. The molecule has 2 amide bonds. The van der Waals surface area contributed by atoms with E-state index in [0.717, 1.165) is 35.4 Å². The molecule has 2 aromatic carbocycles. The summed E-state index contributed by atoms with van der Waals surface area (Å²) >= 11 is 0. The second-order valence-corrected chi connectivity index (χ2v) is 7.70. The van der Waals surface area contributed by atoms with E-state index in [9.17, 15) is 9.59 Å². The van der Waals surface area contributed by atoms with Crippen LogP contribution in [0.15, 0.2) is 42.5 Å². The summed E-state index contributed by atoms with van der Waals surface area (Å²) in [7, 11) is 0. The summed E-state index contributed by atoms with van der Waals surface area (Å²) in [5.41, 5.74) is 3.39. The van der Waals surface area contributed by atoms with Crippen molar-refractivity contribution in [3.05, 3.63) is 53.6 Å². The van der Waals surface area contributed by atoms with Crippen molar-refractivity contribution in [2.24, 2.45) is 5.92 Å². The van der Waals surface area contributed by atoms with E-state index in [1.54, 1.807) is 0 Å². The first-order valence-corrected chi connectivity index (χ1v) is 10.1. The zero-order valence-electron chi connectivity index (χ0n) is 17.2. The lowest BCUT2D eigenvalue weighted by Gasteiger charge is -2.14. The van der Waals surface area contributed by atoms with Crippen molar-refractivity contribution in [1.82, 2.24) is 5.32 Å². The second-order valence-electron chi connectivity index (χ2n) is 7.70. The van der Waals surface area contributed by atoms with Crippen LogP contribution >= 0.6 is 0 Å². The molecule has 3 N–H and O–H groups in total. The highest BCUT2D eigenvalue weighted by molar-refractivity contribution is 5.97. The fourth-order valence-corrected chi connectivity index (χ4v) is 2.96. The first kappa shape index (κ1) is 20.9. The molecule has 1 saturated carbocycles. The van der Waals surface area contributed by atoms with Crippen LogP contribution in [0, 0.1) is 12.8 Å². The van der Waals surface area contributed by atoms with Gasteiger partial charge in [-0.15, -0.1) is 0 Å². The molecule has 0 spiro atoms. The number of benzene rings is 2. The molecule has 6 nitrogen and oxygen atoms in total. The minimum absolute atomic E-state index is 0.0584. The van der Waals surface area contributed by atoms with Crippen molar-refractivity contribution in [2.75, 3.05) is 17.2 Å². The fraction of sp³-hybridized carbons (Fsp3) is 0.391. The van der Waals surface area contributed by atoms with Crippen molar-refractivity contribution in [3.8, 4) is 5.75 Å². The third kappa shape index (κ3) is 6.32. The summed E-state index contributed by atoms with van der Waals surface area (Å²) < 4.78 is 5.63. The molecule has 0 aromatic heterocycles. The van der Waals surface area contributed by atoms with Crippen LogP contribution in [0.2, 0.25) is 0 Å². The molecule has 0 aliphatic heterocycles. The van der Waals surface area contributed by atoms with Gasteiger partial charge < -0.3 is 20.7 Å². The third-order valence-electron chi connectivity index (χ3n) is 4.72. The van der Waals surface area contributed by atoms with Gasteiger partial charge in [0.25, 0.3) is 0 Å². The molecule has 0 unspecified atom stereocenters. The molecule has 0 atom stereocenters. The van der Waals surface area contributed by atoms with Gasteiger partial charge in [-0.25, -0.2) is 0 Å². The molecule has 1 aliphatic carbocycles. The van der Waals surface area contributed by atoms with E-state index in [2.05, 4.69) is 16.0 Å². The molecule has 29 heavy (non-hydrogen) atoms. The molecule has 0 radical (unpaired) electrons. The Morgan fingerprint density at radius 3 is 2.31 bits per heavy atom. The molecule has 3 rings (SSSR count). The van der Waals surface area contributed by atoms with Gasteiger partial charge in [-0.2, -0.15) is 0 Å². The number of carbonyl (C=O) groups is 2.